The van der Waals surface area contributed by atoms with Gasteiger partial charge < -0.3 is 0 Å². The van der Waals surface area contributed by atoms with Crippen LogP contribution in [0.3, 0.4) is 0 Å². The Morgan fingerprint density at radius 1 is 0.510 bits per heavy atom. The van der Waals surface area contributed by atoms with Crippen LogP contribution < -0.4 is 0 Å². The molecule has 16 fully saturated rings. The normalized spacial score (nSPS) is 75.4. The number of allylic oxidation sites excluding steroid dienone is 2. The van der Waals surface area contributed by atoms with Crippen LogP contribution in [0.4, 0.5) is 0 Å². The molecule has 18 rings (SSSR count). The second-order valence-corrected chi connectivity index (χ2v) is 24.8. The molecule has 30 atom stereocenters. The van der Waals surface area contributed by atoms with Gasteiger partial charge >= 0.3 is 0 Å². The summed E-state index contributed by atoms with van der Waals surface area (Å²) in [6, 6.07) is 12.8. The standard InChI is InChI=1S/C51H60/c1-2-3-7-10-50(28-8-5-4-6-9-28)49-18-26-16-24-14-22-13-23-12-20-11-21-15-25-17-27(19-49)47-45-34(25)38-30(21)29(20)36-33(23)37-31(22)32(24)39-35(26)48(51(47,49)50)46-43(39)41(37)40(36)42(38)44(45)46/h4-6,8-9,19-26,29-48H,2-3,7,10-18H2,1H3. The maximum atomic E-state index is 3.31. The Balaban J connectivity index is 0.982. The van der Waals surface area contributed by atoms with Crippen molar-refractivity contribution in [3.05, 3.63) is 47.5 Å². The number of hydrogen-bond acceptors (Lipinski definition) is 0. The fourth-order valence-corrected chi connectivity index (χ4v) is 27.9. The van der Waals surface area contributed by atoms with Crippen LogP contribution in [0, 0.1) is 171 Å². The zero-order valence-electron chi connectivity index (χ0n) is 31.0. The summed E-state index contributed by atoms with van der Waals surface area (Å²) in [7, 11) is 0. The molecule has 0 heteroatoms. The zero-order valence-corrected chi connectivity index (χ0v) is 31.0. The Hall–Kier alpha value is -1.04. The number of unbranched alkanes of at least 4 members (excludes halogenated alkanes) is 2. The van der Waals surface area contributed by atoms with Gasteiger partial charge in [0.1, 0.15) is 0 Å². The van der Waals surface area contributed by atoms with Gasteiger partial charge in [-0.15, -0.1) is 0 Å². The smallest absolute Gasteiger partial charge is 0.0124 e. The molecule has 0 aromatic heterocycles. The number of benzene rings is 1. The van der Waals surface area contributed by atoms with Crippen LogP contribution in [-0.2, 0) is 5.41 Å². The fourth-order valence-electron chi connectivity index (χ4n) is 27.9. The molecule has 0 N–H and O–H groups in total. The zero-order chi connectivity index (χ0) is 32.0. The molecule has 30 unspecified atom stereocenters. The van der Waals surface area contributed by atoms with E-state index in [-0.39, 0.29) is 0 Å². The topological polar surface area (TPSA) is 0 Å². The van der Waals surface area contributed by atoms with Crippen LogP contribution >= 0.6 is 0 Å². The first kappa shape index (κ1) is 26.7. The molecule has 1 spiro atoms. The Kier molecular flexibility index (Phi) is 3.97. The number of hydrogen-bond donors (Lipinski definition) is 0. The van der Waals surface area contributed by atoms with E-state index in [9.17, 15) is 0 Å². The van der Waals surface area contributed by atoms with Gasteiger partial charge in [0.05, 0.1) is 0 Å². The summed E-state index contributed by atoms with van der Waals surface area (Å²) in [6.07, 6.45) is 22.7. The summed E-state index contributed by atoms with van der Waals surface area (Å²) < 4.78 is 0. The summed E-state index contributed by atoms with van der Waals surface area (Å²) in [5, 5.41) is 0. The summed E-state index contributed by atoms with van der Waals surface area (Å²) in [5.74, 6) is 31.5. The molecule has 0 bridgehead atoms. The van der Waals surface area contributed by atoms with Gasteiger partial charge in [-0.3, -0.25) is 0 Å². The van der Waals surface area contributed by atoms with Crippen LogP contribution in [0.15, 0.2) is 42.0 Å². The van der Waals surface area contributed by atoms with E-state index >= 15 is 0 Å². The second kappa shape index (κ2) is 7.57. The van der Waals surface area contributed by atoms with E-state index in [1.165, 1.54) is 120 Å². The van der Waals surface area contributed by atoms with E-state index in [1.807, 2.05) is 5.56 Å². The minimum atomic E-state index is 0.461. The summed E-state index contributed by atoms with van der Waals surface area (Å²) in [5.41, 5.74) is 5.61. The Labute approximate surface area is 306 Å². The third-order valence-electron chi connectivity index (χ3n) is 25.9. The van der Waals surface area contributed by atoms with E-state index < -0.39 is 0 Å². The maximum absolute atomic E-state index is 3.31. The van der Waals surface area contributed by atoms with Crippen LogP contribution in [0.5, 0.6) is 0 Å². The van der Waals surface area contributed by atoms with E-state index in [2.05, 4.69) is 48.9 Å². The van der Waals surface area contributed by atoms with E-state index in [0.29, 0.717) is 16.2 Å². The maximum Gasteiger partial charge on any atom is 0.0124 e. The van der Waals surface area contributed by atoms with Crippen molar-refractivity contribution < 1.29 is 0 Å². The third kappa shape index (κ3) is 2.11. The van der Waals surface area contributed by atoms with Gasteiger partial charge in [0, 0.05) is 16.2 Å². The molecule has 1 aromatic carbocycles. The Bertz CT molecular complexity index is 1920. The average Bonchev–Trinajstić information content (AvgIpc) is 3.86. The van der Waals surface area contributed by atoms with Gasteiger partial charge in [-0.05, 0) is 223 Å². The lowest BCUT2D eigenvalue weighted by atomic mass is 9.41. The molecule has 0 radical (unpaired) electrons. The van der Waals surface area contributed by atoms with Crippen molar-refractivity contribution in [2.75, 3.05) is 0 Å². The van der Waals surface area contributed by atoms with Gasteiger partial charge in [0.15, 0.2) is 0 Å². The first-order valence-corrected chi connectivity index (χ1v) is 24.0. The highest BCUT2D eigenvalue weighted by molar-refractivity contribution is 5.62. The van der Waals surface area contributed by atoms with Crippen LogP contribution in [-0.4, -0.2) is 0 Å². The SMILES string of the molecule is CCCCCC1(c2ccccc2)C23C=C4CC5CC6CC7CC8CC9CC%10CC(C2)C2C%11C%10C9C9C8C8C7C6C6C5C5C7C6C8C9C%11C7C2C31C45. The molecule has 0 nitrogen and oxygen atoms in total. The first-order valence-electron chi connectivity index (χ1n) is 24.0. The monoisotopic (exact) mass is 672 g/mol. The van der Waals surface area contributed by atoms with Crippen LogP contribution in [0.25, 0.3) is 0 Å². The molecule has 51 heavy (non-hydrogen) atoms. The largest absolute Gasteiger partial charge is 0.0772 e. The summed E-state index contributed by atoms with van der Waals surface area (Å²) in [4.78, 5) is 0. The molecule has 17 aliphatic carbocycles. The highest BCUT2D eigenvalue weighted by atomic mass is 15.0. The molecule has 16 saturated carbocycles. The molecule has 0 saturated heterocycles. The minimum absolute atomic E-state index is 0.461. The first-order chi connectivity index (χ1) is 25.2. The van der Waals surface area contributed by atoms with Gasteiger partial charge in [0.2, 0.25) is 0 Å². The molecule has 264 valence electrons. The third-order valence-corrected chi connectivity index (χ3v) is 25.9. The van der Waals surface area contributed by atoms with Crippen molar-refractivity contribution >= 4 is 0 Å². The molecular formula is C51H60. The fraction of sp³-hybridized carbons (Fsp3) is 0.843. The van der Waals surface area contributed by atoms with Gasteiger partial charge in [0.25, 0.3) is 0 Å². The van der Waals surface area contributed by atoms with Crippen molar-refractivity contribution in [3.8, 4) is 0 Å². The van der Waals surface area contributed by atoms with Crippen LogP contribution in [0.2, 0.25) is 0 Å². The molecule has 17 aliphatic rings. The molecular weight excluding hydrogens is 613 g/mol. The predicted molar refractivity (Wildman–Crippen MR) is 196 cm³/mol. The van der Waals surface area contributed by atoms with Crippen molar-refractivity contribution in [1.82, 2.24) is 0 Å². The lowest BCUT2D eigenvalue weighted by Gasteiger charge is -2.62. The number of rotatable bonds is 5. The predicted octanol–water partition coefficient (Wildman–Crippen LogP) is 10.4. The van der Waals surface area contributed by atoms with Crippen LogP contribution in [0.1, 0.15) is 89.5 Å². The van der Waals surface area contributed by atoms with Crippen molar-refractivity contribution in [3.63, 3.8) is 0 Å². The molecule has 0 aliphatic heterocycles. The second-order valence-electron chi connectivity index (χ2n) is 24.8. The van der Waals surface area contributed by atoms with Gasteiger partial charge in [-0.25, -0.2) is 0 Å². The van der Waals surface area contributed by atoms with E-state index in [0.717, 1.165) is 65.1 Å². The summed E-state index contributed by atoms with van der Waals surface area (Å²) >= 11 is 0. The highest BCUT2D eigenvalue weighted by Crippen LogP contribution is 3.03. The van der Waals surface area contributed by atoms with E-state index in [1.54, 1.807) is 51.4 Å². The molecule has 1 aromatic rings. The average molecular weight is 673 g/mol. The van der Waals surface area contributed by atoms with Gasteiger partial charge in [-0.2, -0.15) is 0 Å². The summed E-state index contributed by atoms with van der Waals surface area (Å²) in [6.45, 7) is 2.48. The lowest BCUT2D eigenvalue weighted by Crippen LogP contribution is -2.59. The lowest BCUT2D eigenvalue weighted by molar-refractivity contribution is -0.154. The van der Waals surface area contributed by atoms with Crippen molar-refractivity contribution in [2.45, 2.75) is 89.4 Å². The van der Waals surface area contributed by atoms with Crippen molar-refractivity contribution in [2.24, 2.45) is 171 Å². The van der Waals surface area contributed by atoms with E-state index in [4.69, 9.17) is 0 Å². The minimum Gasteiger partial charge on any atom is -0.0772 e. The Morgan fingerprint density at radius 2 is 1.02 bits per heavy atom. The molecule has 0 amide bonds. The van der Waals surface area contributed by atoms with Gasteiger partial charge in [-0.1, -0.05) is 68.2 Å². The highest BCUT2D eigenvalue weighted by Gasteiger charge is 3.00. The quantitative estimate of drug-likeness (QED) is 0.216. The van der Waals surface area contributed by atoms with Crippen molar-refractivity contribution in [1.29, 1.82) is 0 Å². The Morgan fingerprint density at radius 3 is 1.67 bits per heavy atom. The molecule has 0 heterocycles.